The Kier molecular flexibility index (Phi) is 5.86. The minimum atomic E-state index is -0.346. The molecule has 3 aromatic rings. The van der Waals surface area contributed by atoms with Crippen LogP contribution < -0.4 is 4.74 Å². The van der Waals surface area contributed by atoms with E-state index in [0.29, 0.717) is 37.9 Å². The van der Waals surface area contributed by atoms with E-state index in [9.17, 15) is 4.79 Å². The van der Waals surface area contributed by atoms with Gasteiger partial charge in [0.05, 0.1) is 17.9 Å². The molecule has 0 radical (unpaired) electrons. The van der Waals surface area contributed by atoms with Gasteiger partial charge in [0.2, 0.25) is 5.16 Å². The summed E-state index contributed by atoms with van der Waals surface area (Å²) in [5.41, 5.74) is 1.30. The van der Waals surface area contributed by atoms with Gasteiger partial charge in [-0.05, 0) is 49.4 Å². The predicted molar refractivity (Wildman–Crippen MR) is 104 cm³/mol. The molecule has 1 atom stereocenters. The van der Waals surface area contributed by atoms with Crippen LogP contribution in [0.3, 0.4) is 0 Å². The number of H-pyrrole nitrogens is 1. The number of rotatable bonds is 6. The largest absolute Gasteiger partial charge is 0.496 e. The molecular formula is C18H15Cl2N3O2S. The number of carbonyl (C=O) groups is 1. The first-order valence-electron chi connectivity index (χ1n) is 7.70. The minimum absolute atomic E-state index is 0.0154. The third-order valence-corrected chi connectivity index (χ3v) is 5.11. The number of ketones is 1. The molecular weight excluding hydrogens is 393 g/mol. The monoisotopic (exact) mass is 407 g/mol. The van der Waals surface area contributed by atoms with E-state index in [2.05, 4.69) is 15.2 Å². The first kappa shape index (κ1) is 18.8. The average Bonchev–Trinajstić information content (AvgIpc) is 3.10. The average molecular weight is 408 g/mol. The van der Waals surface area contributed by atoms with Crippen LogP contribution in [0.2, 0.25) is 10.0 Å². The number of carbonyl (C=O) groups excluding carboxylic acids is 1. The topological polar surface area (TPSA) is 67.9 Å². The van der Waals surface area contributed by atoms with E-state index < -0.39 is 0 Å². The number of nitrogens with zero attached hydrogens (tertiary/aromatic N) is 2. The maximum absolute atomic E-state index is 12.5. The summed E-state index contributed by atoms with van der Waals surface area (Å²) in [6, 6.07) is 12.1. The summed E-state index contributed by atoms with van der Waals surface area (Å²) in [4.78, 5) is 17.0. The molecule has 0 unspecified atom stereocenters. The van der Waals surface area contributed by atoms with Crippen molar-refractivity contribution in [3.8, 4) is 17.1 Å². The summed E-state index contributed by atoms with van der Waals surface area (Å²) in [7, 11) is 1.58. The highest BCUT2D eigenvalue weighted by molar-refractivity contribution is 8.00. The molecule has 1 aromatic heterocycles. The van der Waals surface area contributed by atoms with Gasteiger partial charge >= 0.3 is 0 Å². The zero-order chi connectivity index (χ0) is 18.7. The number of aromatic nitrogens is 3. The Morgan fingerprint density at radius 2 is 1.85 bits per heavy atom. The second-order valence-electron chi connectivity index (χ2n) is 5.44. The van der Waals surface area contributed by atoms with E-state index in [1.54, 1.807) is 49.6 Å². The highest BCUT2D eigenvalue weighted by Gasteiger charge is 2.20. The molecule has 0 aliphatic carbocycles. The normalized spacial score (nSPS) is 12.0. The molecule has 8 heteroatoms. The number of methoxy groups -OCH3 is 1. The molecule has 3 rings (SSSR count). The third kappa shape index (κ3) is 4.20. The van der Waals surface area contributed by atoms with Gasteiger partial charge in [-0.15, -0.1) is 5.10 Å². The van der Waals surface area contributed by atoms with E-state index in [-0.39, 0.29) is 11.0 Å². The van der Waals surface area contributed by atoms with E-state index in [1.165, 1.54) is 11.8 Å². The van der Waals surface area contributed by atoms with Crippen molar-refractivity contribution >= 4 is 40.7 Å². The Labute approximate surface area is 165 Å². The highest BCUT2D eigenvalue weighted by atomic mass is 35.5. The van der Waals surface area contributed by atoms with Crippen molar-refractivity contribution in [1.82, 2.24) is 15.2 Å². The molecule has 1 N–H and O–H groups in total. The Morgan fingerprint density at radius 1 is 1.15 bits per heavy atom. The summed E-state index contributed by atoms with van der Waals surface area (Å²) < 4.78 is 5.33. The van der Waals surface area contributed by atoms with E-state index >= 15 is 0 Å². The molecule has 134 valence electrons. The lowest BCUT2D eigenvalue weighted by atomic mass is 10.1. The molecule has 0 fully saturated rings. The Morgan fingerprint density at radius 3 is 2.54 bits per heavy atom. The van der Waals surface area contributed by atoms with Crippen LogP contribution in [0.5, 0.6) is 5.75 Å². The fourth-order valence-corrected chi connectivity index (χ4v) is 3.45. The maximum atomic E-state index is 12.5. The fourth-order valence-electron chi connectivity index (χ4n) is 2.35. The van der Waals surface area contributed by atoms with Gasteiger partial charge in [-0.2, -0.15) is 0 Å². The lowest BCUT2D eigenvalue weighted by Crippen LogP contribution is -2.13. The molecule has 26 heavy (non-hydrogen) atoms. The molecule has 2 aromatic carbocycles. The highest BCUT2D eigenvalue weighted by Crippen LogP contribution is 2.32. The van der Waals surface area contributed by atoms with Crippen LogP contribution in [0.1, 0.15) is 17.3 Å². The van der Waals surface area contributed by atoms with E-state index in [1.807, 2.05) is 6.92 Å². The fraction of sp³-hybridized carbons (Fsp3) is 0.167. The Bertz CT molecular complexity index is 928. The predicted octanol–water partition coefficient (Wildman–Crippen LogP) is 5.15. The van der Waals surface area contributed by atoms with Gasteiger partial charge in [0, 0.05) is 15.6 Å². The van der Waals surface area contributed by atoms with Crippen molar-refractivity contribution in [2.45, 2.75) is 17.3 Å². The molecule has 0 saturated heterocycles. The molecule has 0 bridgehead atoms. The summed E-state index contributed by atoms with van der Waals surface area (Å²) >= 11 is 13.2. The van der Waals surface area contributed by atoms with Gasteiger partial charge < -0.3 is 4.74 Å². The van der Waals surface area contributed by atoms with Crippen LogP contribution in [0.4, 0.5) is 0 Å². The smallest absolute Gasteiger partial charge is 0.209 e. The van der Waals surface area contributed by atoms with Crippen molar-refractivity contribution in [2.24, 2.45) is 0 Å². The summed E-state index contributed by atoms with van der Waals surface area (Å²) in [6.07, 6.45) is 0. The van der Waals surface area contributed by atoms with Gasteiger partial charge in [-0.3, -0.25) is 9.89 Å². The number of thioether (sulfide) groups is 1. The second kappa shape index (κ2) is 8.12. The third-order valence-electron chi connectivity index (χ3n) is 3.66. The van der Waals surface area contributed by atoms with Crippen LogP contribution >= 0.6 is 35.0 Å². The molecule has 0 spiro atoms. The standard InChI is InChI=1S/C18H15Cl2N3O2S/c1-10(16(24)11-3-5-12(19)6-4-11)26-18-21-17(22-23-18)14-9-13(20)7-8-15(14)25-2/h3-10H,1-2H3,(H,21,22,23)/t10-/m1/s1. The lowest BCUT2D eigenvalue weighted by Gasteiger charge is -2.08. The number of aromatic amines is 1. The van der Waals surface area contributed by atoms with Gasteiger partial charge in [-0.1, -0.05) is 35.0 Å². The maximum Gasteiger partial charge on any atom is 0.209 e. The first-order valence-corrected chi connectivity index (χ1v) is 9.34. The lowest BCUT2D eigenvalue weighted by molar-refractivity contribution is 0.0994. The molecule has 0 saturated carbocycles. The van der Waals surface area contributed by atoms with Crippen molar-refractivity contribution in [3.63, 3.8) is 0 Å². The van der Waals surface area contributed by atoms with Crippen LogP contribution in [-0.4, -0.2) is 33.3 Å². The number of Topliss-reactive ketones (excluding diaryl/α,β-unsaturated/α-hetero) is 1. The summed E-state index contributed by atoms with van der Waals surface area (Å²) in [5.74, 6) is 1.14. The molecule has 0 aliphatic heterocycles. The van der Waals surface area contributed by atoms with Gasteiger partial charge in [0.1, 0.15) is 5.75 Å². The molecule has 0 amide bonds. The van der Waals surface area contributed by atoms with Gasteiger partial charge in [0.25, 0.3) is 0 Å². The molecule has 5 nitrogen and oxygen atoms in total. The van der Waals surface area contributed by atoms with Crippen LogP contribution in [-0.2, 0) is 0 Å². The Hall–Kier alpha value is -2.02. The number of nitrogens with one attached hydrogen (secondary N) is 1. The Balaban J connectivity index is 1.77. The number of benzene rings is 2. The first-order chi connectivity index (χ1) is 12.5. The quantitative estimate of drug-likeness (QED) is 0.451. The van der Waals surface area contributed by atoms with Crippen molar-refractivity contribution < 1.29 is 9.53 Å². The van der Waals surface area contributed by atoms with E-state index in [0.717, 1.165) is 0 Å². The van der Waals surface area contributed by atoms with Crippen molar-refractivity contribution in [2.75, 3.05) is 7.11 Å². The minimum Gasteiger partial charge on any atom is -0.496 e. The van der Waals surface area contributed by atoms with E-state index in [4.69, 9.17) is 27.9 Å². The van der Waals surface area contributed by atoms with Crippen LogP contribution in [0.25, 0.3) is 11.4 Å². The number of halogens is 2. The number of ether oxygens (including phenoxy) is 1. The van der Waals surface area contributed by atoms with Crippen molar-refractivity contribution in [3.05, 3.63) is 58.1 Å². The summed E-state index contributed by atoms with van der Waals surface area (Å²) in [6.45, 7) is 1.82. The molecule has 1 heterocycles. The summed E-state index contributed by atoms with van der Waals surface area (Å²) in [5, 5.41) is 8.33. The van der Waals surface area contributed by atoms with Crippen LogP contribution in [0.15, 0.2) is 47.6 Å². The van der Waals surface area contributed by atoms with Gasteiger partial charge in [-0.25, -0.2) is 4.98 Å². The number of hydrogen-bond acceptors (Lipinski definition) is 5. The van der Waals surface area contributed by atoms with Gasteiger partial charge in [0.15, 0.2) is 11.6 Å². The molecule has 0 aliphatic rings. The van der Waals surface area contributed by atoms with Crippen LogP contribution in [0, 0.1) is 0 Å². The number of hydrogen-bond donors (Lipinski definition) is 1. The SMILES string of the molecule is COc1ccc(Cl)cc1-c1nc(S[C@H](C)C(=O)c2ccc(Cl)cc2)n[nH]1. The van der Waals surface area contributed by atoms with Crippen molar-refractivity contribution in [1.29, 1.82) is 0 Å². The zero-order valence-corrected chi connectivity index (χ0v) is 16.3. The second-order valence-corrected chi connectivity index (χ2v) is 7.62. The zero-order valence-electron chi connectivity index (χ0n) is 14.0.